The van der Waals surface area contributed by atoms with Gasteiger partial charge in [-0.2, -0.15) is 0 Å². The van der Waals surface area contributed by atoms with Gasteiger partial charge in [-0.05, 0) is 111 Å². The fraction of sp³-hybridized carbons (Fsp3) is 0.333. The number of likely N-dealkylation sites (tertiary alicyclic amines) is 1. The Hall–Kier alpha value is -6.13. The van der Waals surface area contributed by atoms with Gasteiger partial charge in [-0.3, -0.25) is 9.20 Å². The number of piperidine rings is 2. The normalized spacial score (nSPS) is 15.5. The maximum absolute atomic E-state index is 14.5. The summed E-state index contributed by atoms with van der Waals surface area (Å²) >= 11 is 0. The summed E-state index contributed by atoms with van der Waals surface area (Å²) in [6.45, 7) is 4.45. The van der Waals surface area contributed by atoms with Crippen molar-refractivity contribution in [2.45, 2.75) is 25.7 Å². The summed E-state index contributed by atoms with van der Waals surface area (Å²) in [6, 6.07) is 21.8. The van der Waals surface area contributed by atoms with Crippen LogP contribution in [0.4, 0.5) is 31.8 Å². The lowest BCUT2D eigenvalue weighted by Gasteiger charge is -2.41. The van der Waals surface area contributed by atoms with Gasteiger partial charge in [0.1, 0.15) is 44.3 Å². The molecule has 318 valence electrons. The third kappa shape index (κ3) is 9.30. The number of pyridine rings is 1. The van der Waals surface area contributed by atoms with Crippen LogP contribution in [0, 0.1) is 23.5 Å². The number of hydrogen-bond donors (Lipinski definition) is 2. The average Bonchev–Trinajstić information content (AvgIpc) is 3.67. The number of benzene rings is 3. The highest BCUT2D eigenvalue weighted by Crippen LogP contribution is 2.38. The Morgan fingerprint density at radius 1 is 0.836 bits per heavy atom. The summed E-state index contributed by atoms with van der Waals surface area (Å²) in [5.41, 5.74) is 4.10. The highest BCUT2D eigenvalue weighted by molar-refractivity contribution is 7.90. The van der Waals surface area contributed by atoms with Crippen LogP contribution in [0.2, 0.25) is 0 Å². The molecule has 2 fully saturated rings. The van der Waals surface area contributed by atoms with Crippen LogP contribution in [0.25, 0.3) is 28.3 Å². The van der Waals surface area contributed by atoms with Gasteiger partial charge in [-0.1, -0.05) is 12.1 Å². The number of hydrogen-bond acceptors (Lipinski definition) is 11. The monoisotopic (exact) mass is 850 g/mol. The first kappa shape index (κ1) is 41.6. The third-order valence-electron chi connectivity index (χ3n) is 11.8. The van der Waals surface area contributed by atoms with Crippen LogP contribution < -0.4 is 25.0 Å². The topological polar surface area (TPSA) is 143 Å². The van der Waals surface area contributed by atoms with E-state index >= 15 is 0 Å². The van der Waals surface area contributed by atoms with Crippen molar-refractivity contribution in [3.05, 3.63) is 108 Å². The van der Waals surface area contributed by atoms with Gasteiger partial charge in [0, 0.05) is 55.6 Å². The maximum Gasteiger partial charge on any atom is 0.259 e. The Morgan fingerprint density at radius 3 is 2.26 bits per heavy atom. The molecule has 0 aliphatic carbocycles. The molecule has 61 heavy (non-hydrogen) atoms. The molecule has 5 heterocycles. The minimum atomic E-state index is -2.95. The number of nitrogens with zero attached hydrogens (tertiary/aromatic N) is 6. The number of rotatable bonds is 13. The first-order chi connectivity index (χ1) is 29.5. The van der Waals surface area contributed by atoms with Gasteiger partial charge in [0.25, 0.3) is 5.91 Å². The van der Waals surface area contributed by atoms with Crippen LogP contribution in [0.1, 0.15) is 36.0 Å². The molecule has 6 aromatic rings. The first-order valence-electron chi connectivity index (χ1n) is 20.3. The molecular formula is C45H48F2N8O5S. The molecule has 0 atom stereocenters. The zero-order chi connectivity index (χ0) is 42.7. The van der Waals surface area contributed by atoms with Crippen LogP contribution in [0.3, 0.4) is 0 Å². The number of fused-ring (bicyclic) bond motifs is 1. The van der Waals surface area contributed by atoms with E-state index in [1.165, 1.54) is 19.4 Å². The number of carbonyl (C=O) groups excluding carboxylic acids is 1. The van der Waals surface area contributed by atoms with E-state index in [0.29, 0.717) is 64.1 Å². The molecule has 2 aliphatic rings. The highest BCUT2D eigenvalue weighted by Gasteiger charge is 2.30. The molecule has 2 aliphatic heterocycles. The number of halogens is 2. The molecule has 8 rings (SSSR count). The van der Waals surface area contributed by atoms with E-state index in [1.54, 1.807) is 37.6 Å². The molecule has 13 nitrogen and oxygen atoms in total. The van der Waals surface area contributed by atoms with Crippen molar-refractivity contribution >= 4 is 44.4 Å². The molecule has 2 N–H and O–H groups in total. The van der Waals surface area contributed by atoms with Crippen LogP contribution in [-0.2, 0) is 9.84 Å². The fourth-order valence-corrected chi connectivity index (χ4v) is 9.09. The van der Waals surface area contributed by atoms with Crippen LogP contribution in [0.15, 0.2) is 91.3 Å². The maximum atomic E-state index is 14.5. The van der Waals surface area contributed by atoms with Crippen molar-refractivity contribution in [2.75, 3.05) is 74.5 Å². The van der Waals surface area contributed by atoms with Gasteiger partial charge in [-0.25, -0.2) is 32.2 Å². The number of amides is 1. The Morgan fingerprint density at radius 2 is 1.56 bits per heavy atom. The summed E-state index contributed by atoms with van der Waals surface area (Å²) in [5, 5.41) is 5.70. The molecule has 0 spiro atoms. The predicted molar refractivity (Wildman–Crippen MR) is 233 cm³/mol. The second kappa shape index (κ2) is 17.8. The van der Waals surface area contributed by atoms with Crippen LogP contribution in [-0.4, -0.2) is 97.5 Å². The number of methoxy groups -OCH3 is 2. The average molecular weight is 851 g/mol. The molecular weight excluding hydrogens is 803 g/mol. The number of para-hydroxylation sites is 1. The Bertz CT molecular complexity index is 2640. The number of sulfone groups is 1. The standard InChI is InChI=1S/C45H48F2N8O5S/c1-59-38-13-10-31(27-33(38)44(56)52-42-34(46)7-6-8-35(42)47)41-43(55-20-5-4-9-40(55)51-41)37-14-19-48-45(50-37)49-36-12-11-32(28-39(36)60-2)54-23-17-30(18-24-54)29-15-21-53(22-16-29)25-26-61(3,57)58/h4-14,19-20,27-30H,15-18,21-26H2,1-3H3,(H,52,56)(H,48,49,50). The molecule has 0 saturated carbocycles. The second-order valence-corrected chi connectivity index (χ2v) is 17.9. The van der Waals surface area contributed by atoms with Crippen molar-refractivity contribution in [3.8, 4) is 34.1 Å². The molecule has 3 aromatic heterocycles. The smallest absolute Gasteiger partial charge is 0.259 e. The van der Waals surface area contributed by atoms with E-state index < -0.39 is 33.1 Å². The summed E-state index contributed by atoms with van der Waals surface area (Å²) < 4.78 is 65.5. The SMILES string of the molecule is COc1cc(N2CCC(C3CCN(CCS(C)(=O)=O)CC3)CC2)ccc1Nc1nccc(-c2c(-c3ccc(OC)c(C(=O)Nc4c(F)cccc4F)c3)nc3ccccn23)n1. The largest absolute Gasteiger partial charge is 0.496 e. The number of imidazole rings is 1. The van der Waals surface area contributed by atoms with Gasteiger partial charge in [0.05, 0.1) is 48.3 Å². The van der Waals surface area contributed by atoms with E-state index in [1.807, 2.05) is 40.9 Å². The molecule has 0 unspecified atom stereocenters. The van der Waals surface area contributed by atoms with Gasteiger partial charge >= 0.3 is 0 Å². The third-order valence-corrected chi connectivity index (χ3v) is 12.7. The number of ether oxygens (including phenoxy) is 2. The van der Waals surface area contributed by atoms with Crippen molar-refractivity contribution in [1.29, 1.82) is 0 Å². The Labute approximate surface area is 353 Å². The number of aromatic nitrogens is 4. The van der Waals surface area contributed by atoms with E-state index in [4.69, 9.17) is 19.4 Å². The lowest BCUT2D eigenvalue weighted by Crippen LogP contribution is -2.42. The second-order valence-electron chi connectivity index (χ2n) is 15.6. The van der Waals surface area contributed by atoms with Crippen molar-refractivity contribution in [1.82, 2.24) is 24.3 Å². The summed E-state index contributed by atoms with van der Waals surface area (Å²) in [6.07, 6.45) is 9.28. The van der Waals surface area contributed by atoms with Crippen LogP contribution in [0.5, 0.6) is 11.5 Å². The van der Waals surface area contributed by atoms with E-state index in [-0.39, 0.29) is 17.1 Å². The van der Waals surface area contributed by atoms with E-state index in [2.05, 4.69) is 31.5 Å². The summed E-state index contributed by atoms with van der Waals surface area (Å²) in [5.74, 6) is 0.165. The number of nitrogens with one attached hydrogen (secondary N) is 2. The molecule has 0 bridgehead atoms. The van der Waals surface area contributed by atoms with E-state index in [0.717, 1.165) is 69.7 Å². The van der Waals surface area contributed by atoms with Gasteiger partial charge in [-0.15, -0.1) is 0 Å². The minimum Gasteiger partial charge on any atom is -0.496 e. The number of carbonyl (C=O) groups is 1. The lowest BCUT2D eigenvalue weighted by molar-refractivity contribution is 0.102. The van der Waals surface area contributed by atoms with Gasteiger partial charge in [0.15, 0.2) is 0 Å². The minimum absolute atomic E-state index is 0.0525. The molecule has 3 aromatic carbocycles. The van der Waals surface area contributed by atoms with Gasteiger partial charge in [0.2, 0.25) is 5.95 Å². The van der Waals surface area contributed by atoms with Crippen molar-refractivity contribution < 1.29 is 31.5 Å². The van der Waals surface area contributed by atoms with E-state index in [9.17, 15) is 22.0 Å². The van der Waals surface area contributed by atoms with Crippen molar-refractivity contribution in [3.63, 3.8) is 0 Å². The summed E-state index contributed by atoms with van der Waals surface area (Å²) in [4.78, 5) is 32.6. The zero-order valence-corrected chi connectivity index (χ0v) is 35.1. The molecule has 1 amide bonds. The Kier molecular flexibility index (Phi) is 12.2. The quantitative estimate of drug-likeness (QED) is 0.118. The molecule has 2 saturated heterocycles. The van der Waals surface area contributed by atoms with Crippen molar-refractivity contribution in [2.24, 2.45) is 11.8 Å². The number of anilines is 4. The Balaban J connectivity index is 0.994. The molecule has 0 radical (unpaired) electrons. The zero-order valence-electron chi connectivity index (χ0n) is 34.3. The lowest BCUT2D eigenvalue weighted by atomic mass is 9.78. The first-order valence-corrected chi connectivity index (χ1v) is 22.4. The summed E-state index contributed by atoms with van der Waals surface area (Å²) in [7, 11) is 0.0955. The predicted octanol–water partition coefficient (Wildman–Crippen LogP) is 7.72. The van der Waals surface area contributed by atoms with Gasteiger partial charge < -0.3 is 29.9 Å². The fourth-order valence-electron chi connectivity index (χ4n) is 8.50. The van der Waals surface area contributed by atoms with Crippen LogP contribution >= 0.6 is 0 Å². The molecule has 16 heteroatoms. The highest BCUT2D eigenvalue weighted by atomic mass is 32.2.